The molecule has 1 heterocycles. The molecule has 1 aliphatic carbocycles. The van der Waals surface area contributed by atoms with Crippen LogP contribution >= 0.6 is 12.4 Å². The Bertz CT molecular complexity index is 556. The molecule has 1 atom stereocenters. The fourth-order valence-corrected chi connectivity index (χ4v) is 2.35. The molecule has 1 saturated carbocycles. The van der Waals surface area contributed by atoms with Crippen molar-refractivity contribution >= 4 is 35.7 Å². The SMILES string of the molecule is CC(C(=O)Nc1ccc(NC(=O)NC2CC2)cc1)C1CNC1.Cl. The summed E-state index contributed by atoms with van der Waals surface area (Å²) in [7, 11) is 0. The zero-order valence-electron chi connectivity index (χ0n) is 13.1. The maximum Gasteiger partial charge on any atom is 0.319 e. The molecule has 1 aromatic carbocycles. The Hall–Kier alpha value is -1.79. The van der Waals surface area contributed by atoms with Gasteiger partial charge in [0.25, 0.3) is 0 Å². The summed E-state index contributed by atoms with van der Waals surface area (Å²) in [6, 6.07) is 7.34. The number of hydrogen-bond acceptors (Lipinski definition) is 3. The first-order valence-electron chi connectivity index (χ1n) is 7.81. The maximum atomic E-state index is 12.1. The minimum Gasteiger partial charge on any atom is -0.335 e. The third kappa shape index (κ3) is 4.84. The predicted molar refractivity (Wildman–Crippen MR) is 93.0 cm³/mol. The molecule has 0 aromatic heterocycles. The Morgan fingerprint density at radius 2 is 1.65 bits per heavy atom. The second-order valence-electron chi connectivity index (χ2n) is 6.15. The first-order chi connectivity index (χ1) is 10.6. The monoisotopic (exact) mass is 338 g/mol. The largest absolute Gasteiger partial charge is 0.335 e. The molecule has 7 heteroatoms. The number of nitrogens with one attached hydrogen (secondary N) is 4. The summed E-state index contributed by atoms with van der Waals surface area (Å²) in [5.41, 5.74) is 1.46. The number of halogens is 1. The summed E-state index contributed by atoms with van der Waals surface area (Å²) in [6.07, 6.45) is 2.13. The molecule has 0 radical (unpaired) electrons. The number of amides is 3. The van der Waals surface area contributed by atoms with E-state index in [0.717, 1.165) is 31.6 Å². The van der Waals surface area contributed by atoms with Crippen molar-refractivity contribution in [2.45, 2.75) is 25.8 Å². The van der Waals surface area contributed by atoms with Crippen LogP contribution in [0.2, 0.25) is 0 Å². The van der Waals surface area contributed by atoms with E-state index in [1.807, 2.05) is 6.92 Å². The Labute approximate surface area is 142 Å². The van der Waals surface area contributed by atoms with Crippen LogP contribution in [0.25, 0.3) is 0 Å². The van der Waals surface area contributed by atoms with E-state index in [9.17, 15) is 9.59 Å². The summed E-state index contributed by atoms with van der Waals surface area (Å²) in [4.78, 5) is 23.8. The van der Waals surface area contributed by atoms with Gasteiger partial charge in [0.1, 0.15) is 0 Å². The van der Waals surface area contributed by atoms with Gasteiger partial charge in [0.2, 0.25) is 5.91 Å². The van der Waals surface area contributed by atoms with Crippen molar-refractivity contribution in [3.8, 4) is 0 Å². The van der Waals surface area contributed by atoms with Crippen LogP contribution in [0.3, 0.4) is 0 Å². The molecule has 3 amide bonds. The molecule has 2 aliphatic rings. The molecule has 2 fully saturated rings. The summed E-state index contributed by atoms with van der Waals surface area (Å²) < 4.78 is 0. The predicted octanol–water partition coefficient (Wildman–Crippen LogP) is 2.19. The van der Waals surface area contributed by atoms with Gasteiger partial charge in [-0.25, -0.2) is 4.79 Å². The van der Waals surface area contributed by atoms with Crippen molar-refractivity contribution in [2.75, 3.05) is 23.7 Å². The first kappa shape index (κ1) is 17.6. The zero-order chi connectivity index (χ0) is 15.5. The summed E-state index contributed by atoms with van der Waals surface area (Å²) in [5, 5.41) is 11.7. The Kier molecular flexibility index (Phi) is 5.85. The van der Waals surface area contributed by atoms with Crippen molar-refractivity contribution in [3.63, 3.8) is 0 Å². The van der Waals surface area contributed by atoms with Crippen LogP contribution in [-0.4, -0.2) is 31.1 Å². The number of carbonyl (C=O) groups excluding carboxylic acids is 2. The normalized spacial score (nSPS) is 18.1. The van der Waals surface area contributed by atoms with E-state index in [-0.39, 0.29) is 30.3 Å². The summed E-state index contributed by atoms with van der Waals surface area (Å²) >= 11 is 0. The quantitative estimate of drug-likeness (QED) is 0.664. The average molecular weight is 339 g/mol. The lowest BCUT2D eigenvalue weighted by atomic mass is 9.88. The number of rotatable bonds is 5. The molecule has 126 valence electrons. The number of hydrogen-bond donors (Lipinski definition) is 4. The number of urea groups is 1. The lowest BCUT2D eigenvalue weighted by Crippen LogP contribution is -2.48. The van der Waals surface area contributed by atoms with E-state index < -0.39 is 0 Å². The lowest BCUT2D eigenvalue weighted by Gasteiger charge is -2.31. The smallest absolute Gasteiger partial charge is 0.319 e. The van der Waals surface area contributed by atoms with Gasteiger partial charge in [0.05, 0.1) is 0 Å². The van der Waals surface area contributed by atoms with Gasteiger partial charge < -0.3 is 21.3 Å². The number of benzene rings is 1. The molecule has 0 spiro atoms. The van der Waals surface area contributed by atoms with E-state index in [2.05, 4.69) is 21.3 Å². The van der Waals surface area contributed by atoms with Crippen molar-refractivity contribution in [3.05, 3.63) is 24.3 Å². The van der Waals surface area contributed by atoms with Crippen molar-refractivity contribution in [2.24, 2.45) is 11.8 Å². The van der Waals surface area contributed by atoms with Crippen LogP contribution in [0.1, 0.15) is 19.8 Å². The van der Waals surface area contributed by atoms with E-state index in [0.29, 0.717) is 17.6 Å². The molecular formula is C16H23ClN4O2. The van der Waals surface area contributed by atoms with Crippen molar-refractivity contribution in [1.82, 2.24) is 10.6 Å². The molecule has 4 N–H and O–H groups in total. The lowest BCUT2D eigenvalue weighted by molar-refractivity contribution is -0.121. The van der Waals surface area contributed by atoms with E-state index >= 15 is 0 Å². The third-order valence-electron chi connectivity index (χ3n) is 4.26. The Morgan fingerprint density at radius 3 is 2.13 bits per heavy atom. The van der Waals surface area contributed by atoms with Crippen LogP contribution < -0.4 is 21.3 Å². The second-order valence-corrected chi connectivity index (χ2v) is 6.15. The number of carbonyl (C=O) groups is 2. The summed E-state index contributed by atoms with van der Waals surface area (Å²) in [5.74, 6) is 0.467. The molecular weight excluding hydrogens is 316 g/mol. The van der Waals surface area contributed by atoms with E-state index in [1.54, 1.807) is 24.3 Å². The topological polar surface area (TPSA) is 82.3 Å². The van der Waals surface area contributed by atoms with Crippen LogP contribution in [0.15, 0.2) is 24.3 Å². The van der Waals surface area contributed by atoms with Crippen molar-refractivity contribution < 1.29 is 9.59 Å². The minimum atomic E-state index is -0.176. The molecule has 1 aromatic rings. The fourth-order valence-electron chi connectivity index (χ4n) is 2.35. The third-order valence-corrected chi connectivity index (χ3v) is 4.26. The van der Waals surface area contributed by atoms with Crippen LogP contribution in [0.4, 0.5) is 16.2 Å². The van der Waals surface area contributed by atoms with Gasteiger partial charge in [-0.3, -0.25) is 4.79 Å². The Balaban J connectivity index is 0.00000192. The summed E-state index contributed by atoms with van der Waals surface area (Å²) in [6.45, 7) is 3.78. The highest BCUT2D eigenvalue weighted by Gasteiger charge is 2.28. The molecule has 0 bridgehead atoms. The minimum absolute atomic E-state index is 0. The van der Waals surface area contributed by atoms with Gasteiger partial charge in [0, 0.05) is 23.3 Å². The second kappa shape index (κ2) is 7.66. The molecule has 3 rings (SSSR count). The van der Waals surface area contributed by atoms with E-state index in [1.165, 1.54) is 0 Å². The van der Waals surface area contributed by atoms with Crippen LogP contribution in [-0.2, 0) is 4.79 Å². The first-order valence-corrected chi connectivity index (χ1v) is 7.81. The highest BCUT2D eigenvalue weighted by Crippen LogP contribution is 2.20. The average Bonchev–Trinajstić information content (AvgIpc) is 3.22. The van der Waals surface area contributed by atoms with Crippen LogP contribution in [0.5, 0.6) is 0 Å². The molecule has 6 nitrogen and oxygen atoms in total. The molecule has 1 saturated heterocycles. The number of anilines is 2. The maximum absolute atomic E-state index is 12.1. The molecule has 1 unspecified atom stereocenters. The van der Waals surface area contributed by atoms with Gasteiger partial charge >= 0.3 is 6.03 Å². The highest BCUT2D eigenvalue weighted by atomic mass is 35.5. The van der Waals surface area contributed by atoms with Gasteiger partial charge in [-0.15, -0.1) is 12.4 Å². The van der Waals surface area contributed by atoms with Gasteiger partial charge in [-0.2, -0.15) is 0 Å². The zero-order valence-corrected chi connectivity index (χ0v) is 13.9. The van der Waals surface area contributed by atoms with Crippen molar-refractivity contribution in [1.29, 1.82) is 0 Å². The van der Waals surface area contributed by atoms with Gasteiger partial charge in [-0.05, 0) is 56.1 Å². The standard InChI is InChI=1S/C16H22N4O2.ClH/c1-10(11-8-17-9-11)15(21)18-12-2-4-13(5-3-12)19-16(22)20-14-6-7-14;/h2-5,10-11,14,17H,6-9H2,1H3,(H,18,21)(H2,19,20,22);1H. The van der Waals surface area contributed by atoms with Crippen LogP contribution in [0, 0.1) is 11.8 Å². The fraction of sp³-hybridized carbons (Fsp3) is 0.500. The van der Waals surface area contributed by atoms with E-state index in [4.69, 9.17) is 0 Å². The molecule has 23 heavy (non-hydrogen) atoms. The Morgan fingerprint density at radius 1 is 1.09 bits per heavy atom. The highest BCUT2D eigenvalue weighted by molar-refractivity contribution is 5.93. The van der Waals surface area contributed by atoms with Gasteiger partial charge in [0.15, 0.2) is 0 Å². The van der Waals surface area contributed by atoms with Gasteiger partial charge in [-0.1, -0.05) is 6.92 Å². The molecule has 1 aliphatic heterocycles.